The molecule has 0 aromatic carbocycles. The number of hydrogen-bond donors (Lipinski definition) is 1. The van der Waals surface area contributed by atoms with Gasteiger partial charge in [0.05, 0.1) is 5.69 Å². The fourth-order valence-electron chi connectivity index (χ4n) is 1.92. The Balaban J connectivity index is 2.41. The largest absolute Gasteiger partial charge is 0.326 e. The summed E-state index contributed by atoms with van der Waals surface area (Å²) in [4.78, 5) is 10.1. The lowest BCUT2D eigenvalue weighted by atomic mass is 10.1. The Hall–Kier alpha value is -1.26. The number of rotatable bonds is 4. The van der Waals surface area contributed by atoms with Gasteiger partial charge in [-0.15, -0.1) is 11.3 Å². The summed E-state index contributed by atoms with van der Waals surface area (Å²) in [7, 11) is 0. The molecule has 0 unspecified atom stereocenters. The van der Waals surface area contributed by atoms with E-state index in [1.807, 2.05) is 18.5 Å². The van der Waals surface area contributed by atoms with Crippen molar-refractivity contribution < 1.29 is 0 Å². The molecule has 0 fully saturated rings. The molecule has 2 aromatic rings. The smallest absolute Gasteiger partial charge is 0.124 e. The van der Waals surface area contributed by atoms with Crippen LogP contribution in [0, 0.1) is 12.8 Å². The summed E-state index contributed by atoms with van der Waals surface area (Å²) >= 11 is 1.70. The van der Waals surface area contributed by atoms with Gasteiger partial charge < -0.3 is 5.73 Å². The number of hydrogen-bond acceptors (Lipinski definition) is 4. The van der Waals surface area contributed by atoms with Gasteiger partial charge in [0.25, 0.3) is 0 Å². The van der Waals surface area contributed by atoms with Crippen molar-refractivity contribution in [3.05, 3.63) is 34.6 Å². The molecule has 0 aliphatic heterocycles. The van der Waals surface area contributed by atoms with Crippen LogP contribution in [0.4, 0.5) is 0 Å². The van der Waals surface area contributed by atoms with E-state index in [1.165, 1.54) is 10.4 Å². The number of thiazole rings is 1. The normalized spacial score (nSPS) is 11.2. The van der Waals surface area contributed by atoms with Gasteiger partial charge in [0, 0.05) is 29.4 Å². The van der Waals surface area contributed by atoms with E-state index in [-0.39, 0.29) is 0 Å². The van der Waals surface area contributed by atoms with E-state index < -0.39 is 0 Å². The number of pyridine rings is 1. The van der Waals surface area contributed by atoms with Gasteiger partial charge in [-0.05, 0) is 30.9 Å². The van der Waals surface area contributed by atoms with Crippen molar-refractivity contribution in [2.45, 2.75) is 33.7 Å². The zero-order chi connectivity index (χ0) is 13.1. The van der Waals surface area contributed by atoms with Crippen LogP contribution in [-0.4, -0.2) is 9.97 Å². The molecule has 0 radical (unpaired) electrons. The third kappa shape index (κ3) is 2.76. The average molecular weight is 261 g/mol. The number of aromatic nitrogens is 2. The molecule has 4 heteroatoms. The summed E-state index contributed by atoms with van der Waals surface area (Å²) in [5.41, 5.74) is 9.29. The lowest BCUT2D eigenvalue weighted by Crippen LogP contribution is -2.02. The van der Waals surface area contributed by atoms with E-state index in [0.29, 0.717) is 12.5 Å². The van der Waals surface area contributed by atoms with E-state index >= 15 is 0 Å². The third-order valence-electron chi connectivity index (χ3n) is 2.82. The molecular formula is C14H19N3S. The summed E-state index contributed by atoms with van der Waals surface area (Å²) < 4.78 is 0. The standard InChI is InChI=1S/C14H19N3S/c1-9(2)6-12-13(7-15)18-14(17-12)11-4-5-16-8-10(11)3/h4-5,8-9H,6-7,15H2,1-3H3. The van der Waals surface area contributed by atoms with Crippen molar-refractivity contribution in [3.8, 4) is 10.6 Å². The molecule has 0 saturated heterocycles. The molecule has 0 bridgehead atoms. The first kappa shape index (κ1) is 13.2. The Labute approximate surface area is 112 Å². The van der Waals surface area contributed by atoms with Crippen LogP contribution in [0.15, 0.2) is 18.5 Å². The molecule has 2 rings (SSSR count). The molecule has 2 aromatic heterocycles. The van der Waals surface area contributed by atoms with Crippen LogP contribution in [-0.2, 0) is 13.0 Å². The molecule has 0 aliphatic rings. The van der Waals surface area contributed by atoms with Crippen molar-refractivity contribution in [1.29, 1.82) is 0 Å². The molecule has 0 aliphatic carbocycles. The second kappa shape index (κ2) is 5.59. The number of nitrogens with zero attached hydrogens (tertiary/aromatic N) is 2. The highest BCUT2D eigenvalue weighted by Crippen LogP contribution is 2.30. The average Bonchev–Trinajstić information content (AvgIpc) is 2.71. The number of nitrogens with two attached hydrogens (primary N) is 1. The van der Waals surface area contributed by atoms with Crippen LogP contribution in [0.3, 0.4) is 0 Å². The van der Waals surface area contributed by atoms with Gasteiger partial charge in [0.1, 0.15) is 5.01 Å². The minimum Gasteiger partial charge on any atom is -0.326 e. The zero-order valence-corrected chi connectivity index (χ0v) is 11.9. The van der Waals surface area contributed by atoms with Gasteiger partial charge in [-0.3, -0.25) is 4.98 Å². The predicted octanol–water partition coefficient (Wildman–Crippen LogP) is 3.17. The predicted molar refractivity (Wildman–Crippen MR) is 76.5 cm³/mol. The lowest BCUT2D eigenvalue weighted by molar-refractivity contribution is 0.634. The van der Waals surface area contributed by atoms with Crippen LogP contribution in [0.2, 0.25) is 0 Å². The minimum absolute atomic E-state index is 0.573. The van der Waals surface area contributed by atoms with Crippen LogP contribution in [0.25, 0.3) is 10.6 Å². The molecule has 18 heavy (non-hydrogen) atoms. The maximum Gasteiger partial charge on any atom is 0.124 e. The summed E-state index contributed by atoms with van der Waals surface area (Å²) in [5, 5.41) is 1.06. The van der Waals surface area contributed by atoms with Crippen molar-refractivity contribution in [2.75, 3.05) is 0 Å². The Bertz CT molecular complexity index is 532. The molecule has 3 nitrogen and oxygen atoms in total. The Kier molecular flexibility index (Phi) is 4.09. The fourth-order valence-corrected chi connectivity index (χ4v) is 2.98. The van der Waals surface area contributed by atoms with Gasteiger partial charge in [0.15, 0.2) is 0 Å². The molecule has 0 spiro atoms. The summed E-state index contributed by atoms with van der Waals surface area (Å²) in [5.74, 6) is 0.601. The maximum atomic E-state index is 5.81. The quantitative estimate of drug-likeness (QED) is 0.919. The molecule has 2 N–H and O–H groups in total. The summed E-state index contributed by atoms with van der Waals surface area (Å²) in [6, 6.07) is 2.02. The maximum absolute atomic E-state index is 5.81. The number of aryl methyl sites for hydroxylation is 1. The van der Waals surface area contributed by atoms with Crippen LogP contribution >= 0.6 is 11.3 Å². The van der Waals surface area contributed by atoms with Gasteiger partial charge >= 0.3 is 0 Å². The van der Waals surface area contributed by atoms with E-state index in [2.05, 4.69) is 25.8 Å². The zero-order valence-electron chi connectivity index (χ0n) is 11.1. The summed E-state index contributed by atoms with van der Waals surface area (Å²) in [6.45, 7) is 7.05. The minimum atomic E-state index is 0.573. The highest BCUT2D eigenvalue weighted by molar-refractivity contribution is 7.15. The van der Waals surface area contributed by atoms with E-state index in [0.717, 1.165) is 22.7 Å². The molecule has 96 valence electrons. The molecule has 2 heterocycles. The van der Waals surface area contributed by atoms with E-state index in [1.54, 1.807) is 11.3 Å². The molecule has 0 atom stereocenters. The topological polar surface area (TPSA) is 51.8 Å². The Morgan fingerprint density at radius 1 is 1.39 bits per heavy atom. The van der Waals surface area contributed by atoms with E-state index in [4.69, 9.17) is 10.7 Å². The Morgan fingerprint density at radius 2 is 2.17 bits per heavy atom. The van der Waals surface area contributed by atoms with Crippen molar-refractivity contribution in [3.63, 3.8) is 0 Å². The van der Waals surface area contributed by atoms with Crippen molar-refractivity contribution in [2.24, 2.45) is 11.7 Å². The first-order valence-electron chi connectivity index (χ1n) is 6.21. The van der Waals surface area contributed by atoms with Crippen LogP contribution < -0.4 is 5.73 Å². The van der Waals surface area contributed by atoms with Gasteiger partial charge in [0.2, 0.25) is 0 Å². The monoisotopic (exact) mass is 261 g/mol. The molecular weight excluding hydrogens is 242 g/mol. The van der Waals surface area contributed by atoms with Crippen LogP contribution in [0.5, 0.6) is 0 Å². The van der Waals surface area contributed by atoms with E-state index in [9.17, 15) is 0 Å². The van der Waals surface area contributed by atoms with Crippen LogP contribution in [0.1, 0.15) is 30.0 Å². The first-order chi connectivity index (χ1) is 8.61. The lowest BCUT2D eigenvalue weighted by Gasteiger charge is -2.02. The van der Waals surface area contributed by atoms with Gasteiger partial charge in [-0.1, -0.05) is 13.8 Å². The molecule has 0 amide bonds. The van der Waals surface area contributed by atoms with Crippen molar-refractivity contribution >= 4 is 11.3 Å². The first-order valence-corrected chi connectivity index (χ1v) is 7.03. The second-order valence-corrected chi connectivity index (χ2v) is 5.97. The fraction of sp³-hybridized carbons (Fsp3) is 0.429. The van der Waals surface area contributed by atoms with Gasteiger partial charge in [-0.25, -0.2) is 4.98 Å². The third-order valence-corrected chi connectivity index (χ3v) is 3.97. The second-order valence-electron chi connectivity index (χ2n) is 4.88. The molecule has 0 saturated carbocycles. The highest BCUT2D eigenvalue weighted by atomic mass is 32.1. The van der Waals surface area contributed by atoms with Crippen molar-refractivity contribution in [1.82, 2.24) is 9.97 Å². The summed E-state index contributed by atoms with van der Waals surface area (Å²) in [6.07, 6.45) is 4.68. The SMILES string of the molecule is Cc1cnccc1-c1nc(CC(C)C)c(CN)s1. The Morgan fingerprint density at radius 3 is 2.78 bits per heavy atom. The highest BCUT2D eigenvalue weighted by Gasteiger charge is 2.13. The van der Waals surface area contributed by atoms with Gasteiger partial charge in [-0.2, -0.15) is 0 Å².